The Morgan fingerprint density at radius 2 is 2.05 bits per heavy atom. The predicted octanol–water partition coefficient (Wildman–Crippen LogP) is 1.51. The fourth-order valence-corrected chi connectivity index (χ4v) is 2.27. The lowest BCUT2D eigenvalue weighted by Crippen LogP contribution is -2.16. The van der Waals surface area contributed by atoms with Crippen molar-refractivity contribution in [2.75, 3.05) is 31.3 Å². The van der Waals surface area contributed by atoms with Gasteiger partial charge in [-0.15, -0.1) is 0 Å². The number of hydrogen-bond donors (Lipinski definition) is 1. The number of aryl methyl sites for hydroxylation is 1. The van der Waals surface area contributed by atoms with Crippen molar-refractivity contribution in [3.05, 3.63) is 23.8 Å². The quantitative estimate of drug-likeness (QED) is 0.892. The Bertz CT molecular complexity index is 641. The molecular weight excluding hydrogens is 254 g/mol. The standard InChI is InChI=1S/C14H17N5O/c1-19(2)14-17-12(16-13(15)18-14)10-7-3-5-9-6-4-8-20-11(9)10/h3,5,7H,4,6,8H2,1-2H3,(H2,15,16,17,18). The van der Waals surface area contributed by atoms with Gasteiger partial charge >= 0.3 is 0 Å². The molecule has 1 aromatic heterocycles. The molecular formula is C14H17N5O. The summed E-state index contributed by atoms with van der Waals surface area (Å²) in [4.78, 5) is 14.6. The number of aromatic nitrogens is 3. The minimum atomic E-state index is 0.215. The normalized spacial score (nSPS) is 13.5. The number of hydrogen-bond acceptors (Lipinski definition) is 6. The van der Waals surface area contributed by atoms with Crippen LogP contribution in [0.1, 0.15) is 12.0 Å². The van der Waals surface area contributed by atoms with Gasteiger partial charge in [0.25, 0.3) is 0 Å². The molecule has 104 valence electrons. The van der Waals surface area contributed by atoms with E-state index in [-0.39, 0.29) is 5.95 Å². The maximum atomic E-state index is 5.79. The molecule has 2 aromatic rings. The molecule has 0 radical (unpaired) electrons. The molecule has 0 saturated carbocycles. The van der Waals surface area contributed by atoms with E-state index in [4.69, 9.17) is 10.5 Å². The molecule has 0 saturated heterocycles. The molecule has 3 rings (SSSR count). The molecule has 1 aliphatic heterocycles. The third-order valence-corrected chi connectivity index (χ3v) is 3.22. The monoisotopic (exact) mass is 271 g/mol. The van der Waals surface area contributed by atoms with Crippen molar-refractivity contribution in [2.24, 2.45) is 0 Å². The Morgan fingerprint density at radius 1 is 1.20 bits per heavy atom. The van der Waals surface area contributed by atoms with E-state index in [9.17, 15) is 0 Å². The van der Waals surface area contributed by atoms with Crippen molar-refractivity contribution in [3.8, 4) is 17.1 Å². The summed E-state index contributed by atoms with van der Waals surface area (Å²) in [7, 11) is 3.74. The van der Waals surface area contributed by atoms with Crippen LogP contribution < -0.4 is 15.4 Å². The second-order valence-electron chi connectivity index (χ2n) is 4.96. The summed E-state index contributed by atoms with van der Waals surface area (Å²) < 4.78 is 5.79. The number of nitrogens with two attached hydrogens (primary N) is 1. The molecule has 1 aromatic carbocycles. The first kappa shape index (κ1) is 12.7. The van der Waals surface area contributed by atoms with Crippen LogP contribution in [0.5, 0.6) is 5.75 Å². The Balaban J connectivity index is 2.14. The van der Waals surface area contributed by atoms with Crippen molar-refractivity contribution in [2.45, 2.75) is 12.8 Å². The van der Waals surface area contributed by atoms with Gasteiger partial charge in [0.15, 0.2) is 5.82 Å². The Hall–Kier alpha value is -2.37. The first-order valence-electron chi connectivity index (χ1n) is 6.59. The number of rotatable bonds is 2. The summed E-state index contributed by atoms with van der Waals surface area (Å²) in [6.07, 6.45) is 2.06. The van der Waals surface area contributed by atoms with Gasteiger partial charge in [-0.25, -0.2) is 0 Å². The number of fused-ring (bicyclic) bond motifs is 1. The van der Waals surface area contributed by atoms with Gasteiger partial charge in [0.1, 0.15) is 5.75 Å². The van der Waals surface area contributed by atoms with Crippen molar-refractivity contribution >= 4 is 11.9 Å². The summed E-state index contributed by atoms with van der Waals surface area (Å²) in [5.41, 5.74) is 7.85. The Labute approximate surface area is 117 Å². The molecule has 1 aliphatic rings. The highest BCUT2D eigenvalue weighted by Gasteiger charge is 2.18. The number of benzene rings is 1. The summed E-state index contributed by atoms with van der Waals surface area (Å²) in [5, 5.41) is 0. The van der Waals surface area contributed by atoms with E-state index >= 15 is 0 Å². The largest absolute Gasteiger partial charge is 0.493 e. The van der Waals surface area contributed by atoms with Crippen LogP contribution in [0.3, 0.4) is 0 Å². The zero-order valence-corrected chi connectivity index (χ0v) is 11.6. The second-order valence-corrected chi connectivity index (χ2v) is 4.96. The maximum Gasteiger partial charge on any atom is 0.230 e. The number of nitrogens with zero attached hydrogens (tertiary/aromatic N) is 4. The Morgan fingerprint density at radius 3 is 2.85 bits per heavy atom. The minimum absolute atomic E-state index is 0.215. The lowest BCUT2D eigenvalue weighted by Gasteiger charge is -2.20. The summed E-state index contributed by atoms with van der Waals surface area (Å²) in [5.74, 6) is 2.18. The molecule has 20 heavy (non-hydrogen) atoms. The van der Waals surface area contributed by atoms with Crippen LogP contribution in [-0.2, 0) is 6.42 Å². The van der Waals surface area contributed by atoms with Crippen molar-refractivity contribution in [1.82, 2.24) is 15.0 Å². The topological polar surface area (TPSA) is 77.2 Å². The molecule has 0 spiro atoms. The van der Waals surface area contributed by atoms with Gasteiger partial charge in [-0.3, -0.25) is 0 Å². The van der Waals surface area contributed by atoms with Gasteiger partial charge in [0.05, 0.1) is 12.2 Å². The Kier molecular flexibility index (Phi) is 3.14. The van der Waals surface area contributed by atoms with Crippen LogP contribution in [0, 0.1) is 0 Å². The third kappa shape index (κ3) is 2.24. The van der Waals surface area contributed by atoms with Gasteiger partial charge in [0.2, 0.25) is 11.9 Å². The summed E-state index contributed by atoms with van der Waals surface area (Å²) in [6.45, 7) is 0.727. The van der Waals surface area contributed by atoms with E-state index in [2.05, 4.69) is 21.0 Å². The lowest BCUT2D eigenvalue weighted by atomic mass is 10.0. The zero-order chi connectivity index (χ0) is 14.1. The molecule has 2 N–H and O–H groups in total. The molecule has 6 heteroatoms. The van der Waals surface area contributed by atoms with Crippen LogP contribution in [0.2, 0.25) is 0 Å². The number of nitrogen functional groups attached to an aromatic ring is 1. The zero-order valence-electron chi connectivity index (χ0n) is 11.6. The minimum Gasteiger partial charge on any atom is -0.493 e. The number of para-hydroxylation sites is 1. The molecule has 0 fully saturated rings. The molecule has 6 nitrogen and oxygen atoms in total. The molecule has 2 heterocycles. The van der Waals surface area contributed by atoms with Crippen LogP contribution in [0.15, 0.2) is 18.2 Å². The van der Waals surface area contributed by atoms with Crippen LogP contribution >= 0.6 is 0 Å². The lowest BCUT2D eigenvalue weighted by molar-refractivity contribution is 0.289. The van der Waals surface area contributed by atoms with Crippen molar-refractivity contribution < 1.29 is 4.74 Å². The van der Waals surface area contributed by atoms with Crippen molar-refractivity contribution in [3.63, 3.8) is 0 Å². The third-order valence-electron chi connectivity index (χ3n) is 3.22. The molecule has 0 atom stereocenters. The molecule has 0 aliphatic carbocycles. The SMILES string of the molecule is CN(C)c1nc(N)nc(-c2cccc3c2OCCC3)n1. The molecule has 0 bridgehead atoms. The van der Waals surface area contributed by atoms with Gasteiger partial charge in [-0.1, -0.05) is 12.1 Å². The maximum absolute atomic E-state index is 5.79. The summed E-state index contributed by atoms with van der Waals surface area (Å²) in [6, 6.07) is 6.03. The van der Waals surface area contributed by atoms with Gasteiger partial charge in [-0.05, 0) is 24.5 Å². The predicted molar refractivity (Wildman–Crippen MR) is 77.8 cm³/mol. The fourth-order valence-electron chi connectivity index (χ4n) is 2.27. The van der Waals surface area contributed by atoms with E-state index in [1.165, 1.54) is 5.56 Å². The van der Waals surface area contributed by atoms with Crippen molar-refractivity contribution in [1.29, 1.82) is 0 Å². The van der Waals surface area contributed by atoms with E-state index < -0.39 is 0 Å². The molecule has 0 amide bonds. The van der Waals surface area contributed by atoms with Crippen LogP contribution in [-0.4, -0.2) is 35.7 Å². The van der Waals surface area contributed by atoms with Gasteiger partial charge in [-0.2, -0.15) is 15.0 Å². The average molecular weight is 271 g/mol. The highest BCUT2D eigenvalue weighted by molar-refractivity contribution is 5.68. The average Bonchev–Trinajstić information content (AvgIpc) is 2.46. The number of ether oxygens (including phenoxy) is 1. The van der Waals surface area contributed by atoms with Gasteiger partial charge < -0.3 is 15.4 Å². The van der Waals surface area contributed by atoms with E-state index in [1.54, 1.807) is 4.90 Å². The summed E-state index contributed by atoms with van der Waals surface area (Å²) >= 11 is 0. The highest BCUT2D eigenvalue weighted by atomic mass is 16.5. The first-order chi connectivity index (χ1) is 9.65. The first-order valence-corrected chi connectivity index (χ1v) is 6.59. The fraction of sp³-hybridized carbons (Fsp3) is 0.357. The van der Waals surface area contributed by atoms with E-state index in [0.717, 1.165) is 30.8 Å². The second kappa shape index (κ2) is 4.96. The van der Waals surface area contributed by atoms with E-state index in [0.29, 0.717) is 11.8 Å². The van der Waals surface area contributed by atoms with Crippen LogP contribution in [0.4, 0.5) is 11.9 Å². The van der Waals surface area contributed by atoms with Crippen LogP contribution in [0.25, 0.3) is 11.4 Å². The number of anilines is 2. The van der Waals surface area contributed by atoms with E-state index in [1.807, 2.05) is 26.2 Å². The smallest absolute Gasteiger partial charge is 0.230 e. The molecule has 0 unspecified atom stereocenters. The highest BCUT2D eigenvalue weighted by Crippen LogP contribution is 2.35. The van der Waals surface area contributed by atoms with Gasteiger partial charge in [0, 0.05) is 14.1 Å².